The zero-order valence-corrected chi connectivity index (χ0v) is 14.6. The molecule has 0 aromatic carbocycles. The van der Waals surface area contributed by atoms with Crippen LogP contribution in [0.1, 0.15) is 33.1 Å². The van der Waals surface area contributed by atoms with Crippen molar-refractivity contribution in [2.45, 2.75) is 38.6 Å². The van der Waals surface area contributed by atoms with Gasteiger partial charge in [0.05, 0.1) is 30.6 Å². The lowest BCUT2D eigenvalue weighted by atomic mass is 9.88. The highest BCUT2D eigenvalue weighted by atomic mass is 16.5. The van der Waals surface area contributed by atoms with E-state index in [9.17, 15) is 9.90 Å². The Bertz CT molecular complexity index is 547. The van der Waals surface area contributed by atoms with Crippen LogP contribution in [-0.4, -0.2) is 48.6 Å². The molecule has 7 nitrogen and oxygen atoms in total. The quantitative estimate of drug-likeness (QED) is 0.663. The highest BCUT2D eigenvalue weighted by molar-refractivity contribution is 5.89. The standard InChI is InChI=1S/C17H27N3O4/c1-16(2)6-7-17(11-16,12-21)20-15(22)19-13-4-5-14(18-10-13)24-9-8-23-3/h4-5,10,21H,6-9,11-12H2,1-3H3,(H2,19,20,22). The molecular weight excluding hydrogens is 310 g/mol. The fourth-order valence-electron chi connectivity index (χ4n) is 3.12. The molecule has 1 atom stereocenters. The first-order valence-corrected chi connectivity index (χ1v) is 8.16. The third-order valence-corrected chi connectivity index (χ3v) is 4.31. The molecule has 134 valence electrons. The van der Waals surface area contributed by atoms with Gasteiger partial charge in [0.15, 0.2) is 0 Å². The van der Waals surface area contributed by atoms with Gasteiger partial charge in [-0.05, 0) is 30.7 Å². The number of nitrogens with one attached hydrogen (secondary N) is 2. The van der Waals surface area contributed by atoms with E-state index in [1.165, 1.54) is 6.20 Å². The van der Waals surface area contributed by atoms with Gasteiger partial charge in [0.25, 0.3) is 0 Å². The third kappa shape index (κ3) is 5.07. The molecule has 2 rings (SSSR count). The molecule has 1 unspecified atom stereocenters. The summed E-state index contributed by atoms with van der Waals surface area (Å²) in [4.78, 5) is 16.4. The van der Waals surface area contributed by atoms with Crippen LogP contribution >= 0.6 is 0 Å². The van der Waals surface area contributed by atoms with Crippen LogP contribution in [0.25, 0.3) is 0 Å². The Morgan fingerprint density at radius 2 is 2.12 bits per heavy atom. The summed E-state index contributed by atoms with van der Waals surface area (Å²) in [6.07, 6.45) is 4.04. The van der Waals surface area contributed by atoms with Gasteiger partial charge in [-0.15, -0.1) is 0 Å². The molecule has 0 saturated heterocycles. The molecule has 0 spiro atoms. The van der Waals surface area contributed by atoms with E-state index in [1.807, 2.05) is 0 Å². The number of rotatable bonds is 7. The Kier molecular flexibility index (Phi) is 6.01. The van der Waals surface area contributed by atoms with E-state index in [-0.39, 0.29) is 18.1 Å². The molecule has 1 aromatic heterocycles. The highest BCUT2D eigenvalue weighted by Crippen LogP contribution is 2.43. The van der Waals surface area contributed by atoms with Gasteiger partial charge in [0, 0.05) is 13.2 Å². The van der Waals surface area contributed by atoms with E-state index in [4.69, 9.17) is 9.47 Å². The summed E-state index contributed by atoms with van der Waals surface area (Å²) in [5, 5.41) is 15.4. The van der Waals surface area contributed by atoms with Crippen molar-refractivity contribution in [1.82, 2.24) is 10.3 Å². The second-order valence-corrected chi connectivity index (χ2v) is 7.08. The molecule has 7 heteroatoms. The van der Waals surface area contributed by atoms with E-state index < -0.39 is 5.54 Å². The first-order valence-electron chi connectivity index (χ1n) is 8.16. The Morgan fingerprint density at radius 1 is 1.33 bits per heavy atom. The molecule has 1 aromatic rings. The first kappa shape index (κ1) is 18.5. The number of carbonyl (C=O) groups is 1. The lowest BCUT2D eigenvalue weighted by Gasteiger charge is -2.30. The van der Waals surface area contributed by atoms with Gasteiger partial charge < -0.3 is 25.2 Å². The van der Waals surface area contributed by atoms with Crippen LogP contribution in [0.3, 0.4) is 0 Å². The van der Waals surface area contributed by atoms with Gasteiger partial charge in [-0.3, -0.25) is 0 Å². The Hall–Kier alpha value is -1.86. The minimum absolute atomic E-state index is 0.0611. The molecule has 24 heavy (non-hydrogen) atoms. The molecule has 1 saturated carbocycles. The summed E-state index contributed by atoms with van der Waals surface area (Å²) in [6, 6.07) is 3.07. The Morgan fingerprint density at radius 3 is 2.67 bits per heavy atom. The van der Waals surface area contributed by atoms with E-state index >= 15 is 0 Å². The smallest absolute Gasteiger partial charge is 0.319 e. The van der Waals surface area contributed by atoms with E-state index in [1.54, 1.807) is 19.2 Å². The van der Waals surface area contributed by atoms with E-state index in [2.05, 4.69) is 29.5 Å². The molecule has 3 N–H and O–H groups in total. The molecule has 0 aliphatic heterocycles. The number of aliphatic hydroxyl groups excluding tert-OH is 1. The fourth-order valence-corrected chi connectivity index (χ4v) is 3.12. The Labute approximate surface area is 142 Å². The summed E-state index contributed by atoms with van der Waals surface area (Å²) < 4.78 is 10.3. The SMILES string of the molecule is COCCOc1ccc(NC(=O)NC2(CO)CCC(C)(C)C2)cn1. The van der Waals surface area contributed by atoms with E-state index in [0.717, 1.165) is 19.3 Å². The fraction of sp³-hybridized carbons (Fsp3) is 0.647. The summed E-state index contributed by atoms with van der Waals surface area (Å²) in [5.74, 6) is 0.474. The topological polar surface area (TPSA) is 92.7 Å². The number of hydrogen-bond donors (Lipinski definition) is 3. The molecule has 1 aliphatic rings. The van der Waals surface area contributed by atoms with Crippen molar-refractivity contribution in [2.75, 3.05) is 32.2 Å². The molecule has 1 aliphatic carbocycles. The van der Waals surface area contributed by atoms with Gasteiger partial charge in [-0.2, -0.15) is 0 Å². The van der Waals surface area contributed by atoms with Crippen LogP contribution in [0.5, 0.6) is 5.88 Å². The largest absolute Gasteiger partial charge is 0.475 e. The second kappa shape index (κ2) is 7.81. The summed E-state index contributed by atoms with van der Waals surface area (Å²) in [6.45, 7) is 5.15. The number of amides is 2. The highest BCUT2D eigenvalue weighted by Gasteiger charge is 2.43. The number of ether oxygens (including phenoxy) is 2. The molecule has 1 fully saturated rings. The van der Waals surface area contributed by atoms with Crippen LogP contribution < -0.4 is 15.4 Å². The van der Waals surface area contributed by atoms with Gasteiger partial charge >= 0.3 is 6.03 Å². The predicted molar refractivity (Wildman–Crippen MR) is 91.2 cm³/mol. The molecule has 1 heterocycles. The molecule has 2 amide bonds. The first-order chi connectivity index (χ1) is 11.4. The van der Waals surface area contributed by atoms with Crippen LogP contribution in [0.2, 0.25) is 0 Å². The monoisotopic (exact) mass is 337 g/mol. The lowest BCUT2D eigenvalue weighted by Crippen LogP contribution is -2.51. The number of aliphatic hydroxyl groups is 1. The van der Waals surface area contributed by atoms with Crippen LogP contribution in [-0.2, 0) is 4.74 Å². The van der Waals surface area contributed by atoms with Crippen molar-refractivity contribution in [2.24, 2.45) is 5.41 Å². The Balaban J connectivity index is 1.88. The summed E-state index contributed by atoms with van der Waals surface area (Å²) in [7, 11) is 1.60. The predicted octanol–water partition coefficient (Wildman–Crippen LogP) is 2.17. The number of pyridine rings is 1. The zero-order chi connectivity index (χ0) is 17.6. The van der Waals surface area contributed by atoms with Crippen molar-refractivity contribution in [3.63, 3.8) is 0 Å². The van der Waals surface area contributed by atoms with Crippen molar-refractivity contribution in [3.8, 4) is 5.88 Å². The molecule has 0 bridgehead atoms. The summed E-state index contributed by atoms with van der Waals surface area (Å²) in [5.41, 5.74) is 0.139. The third-order valence-electron chi connectivity index (χ3n) is 4.31. The van der Waals surface area contributed by atoms with Gasteiger partial charge in [-0.25, -0.2) is 9.78 Å². The minimum Gasteiger partial charge on any atom is -0.475 e. The number of methoxy groups -OCH3 is 1. The second-order valence-electron chi connectivity index (χ2n) is 7.08. The van der Waals surface area contributed by atoms with Crippen molar-refractivity contribution >= 4 is 11.7 Å². The summed E-state index contributed by atoms with van der Waals surface area (Å²) >= 11 is 0. The average molecular weight is 337 g/mol. The molecular formula is C17H27N3O4. The molecule has 0 radical (unpaired) electrons. The number of aromatic nitrogens is 1. The van der Waals surface area contributed by atoms with Crippen molar-refractivity contribution < 1.29 is 19.4 Å². The van der Waals surface area contributed by atoms with Crippen molar-refractivity contribution in [1.29, 1.82) is 0 Å². The van der Waals surface area contributed by atoms with Gasteiger partial charge in [0.2, 0.25) is 5.88 Å². The maximum Gasteiger partial charge on any atom is 0.319 e. The maximum absolute atomic E-state index is 12.2. The van der Waals surface area contributed by atoms with Gasteiger partial charge in [0.1, 0.15) is 6.61 Å². The van der Waals surface area contributed by atoms with Crippen LogP contribution in [0.4, 0.5) is 10.5 Å². The maximum atomic E-state index is 12.2. The minimum atomic E-state index is -0.551. The number of hydrogen-bond acceptors (Lipinski definition) is 5. The zero-order valence-electron chi connectivity index (χ0n) is 14.6. The van der Waals surface area contributed by atoms with E-state index in [0.29, 0.717) is 24.8 Å². The number of carbonyl (C=O) groups excluding carboxylic acids is 1. The number of anilines is 1. The van der Waals surface area contributed by atoms with Crippen LogP contribution in [0.15, 0.2) is 18.3 Å². The van der Waals surface area contributed by atoms with Crippen LogP contribution in [0, 0.1) is 5.41 Å². The number of nitrogens with zero attached hydrogens (tertiary/aromatic N) is 1. The normalized spacial score (nSPS) is 22.2. The van der Waals surface area contributed by atoms with Gasteiger partial charge in [-0.1, -0.05) is 13.8 Å². The lowest BCUT2D eigenvalue weighted by molar-refractivity contribution is 0.144. The number of urea groups is 1. The average Bonchev–Trinajstić information content (AvgIpc) is 2.85. The van der Waals surface area contributed by atoms with Crippen molar-refractivity contribution in [3.05, 3.63) is 18.3 Å².